The zero-order chi connectivity index (χ0) is 22.9. The van der Waals surface area contributed by atoms with Gasteiger partial charge in [0, 0.05) is 20.5 Å². The van der Waals surface area contributed by atoms with Crippen LogP contribution in [-0.4, -0.2) is 19.0 Å². The molecule has 0 aliphatic carbocycles. The first-order valence-electron chi connectivity index (χ1n) is 13.0. The zero-order valence-electron chi connectivity index (χ0n) is 20.9. The highest BCUT2D eigenvalue weighted by atomic mass is 16.7. The summed E-state index contributed by atoms with van der Waals surface area (Å²) >= 11 is 0. The Labute approximate surface area is 197 Å². The molecule has 0 unspecified atom stereocenters. The van der Waals surface area contributed by atoms with E-state index >= 15 is 0 Å². The summed E-state index contributed by atoms with van der Waals surface area (Å²) in [6, 6.07) is 6.18. The molecule has 3 nitrogen and oxygen atoms in total. The van der Waals surface area contributed by atoms with E-state index in [4.69, 9.17) is 14.2 Å². The van der Waals surface area contributed by atoms with Crippen LogP contribution in [0.25, 0.3) is 0 Å². The Kier molecular flexibility index (Phi) is 13.2. The second-order valence-electron chi connectivity index (χ2n) is 9.33. The van der Waals surface area contributed by atoms with Gasteiger partial charge in [0.1, 0.15) is 0 Å². The van der Waals surface area contributed by atoms with Gasteiger partial charge in [-0.15, -0.1) is 0 Å². The van der Waals surface area contributed by atoms with E-state index in [9.17, 15) is 0 Å². The van der Waals surface area contributed by atoms with Crippen LogP contribution in [0.1, 0.15) is 103 Å². The molecule has 0 atom stereocenters. The summed E-state index contributed by atoms with van der Waals surface area (Å²) in [6.45, 7) is 7.76. The van der Waals surface area contributed by atoms with Crippen LogP contribution in [0, 0.1) is 0 Å². The van der Waals surface area contributed by atoms with Crippen LogP contribution in [-0.2, 0) is 11.2 Å². The lowest BCUT2D eigenvalue weighted by Gasteiger charge is -2.16. The maximum atomic E-state index is 5.83. The largest absolute Gasteiger partial charge is 0.449 e. The van der Waals surface area contributed by atoms with E-state index in [-0.39, 0.29) is 0 Å². The van der Waals surface area contributed by atoms with Crippen molar-refractivity contribution in [2.24, 2.45) is 0 Å². The van der Waals surface area contributed by atoms with E-state index in [0.717, 1.165) is 37.6 Å². The predicted molar refractivity (Wildman–Crippen MR) is 136 cm³/mol. The number of allylic oxidation sites excluding steroid dienone is 4. The zero-order valence-corrected chi connectivity index (χ0v) is 20.9. The van der Waals surface area contributed by atoms with Crippen LogP contribution in [0.5, 0.6) is 11.5 Å². The van der Waals surface area contributed by atoms with E-state index in [0.29, 0.717) is 0 Å². The lowest BCUT2D eigenvalue weighted by Crippen LogP contribution is -2.29. The molecule has 0 fully saturated rings. The Morgan fingerprint density at radius 3 is 2.16 bits per heavy atom. The molecule has 0 bridgehead atoms. The first-order chi connectivity index (χ1) is 15.6. The fourth-order valence-corrected chi connectivity index (χ4v) is 3.91. The minimum atomic E-state index is -0.557. The van der Waals surface area contributed by atoms with Crippen molar-refractivity contribution < 1.29 is 14.2 Å². The predicted octanol–water partition coefficient (Wildman–Crippen LogP) is 8.57. The van der Waals surface area contributed by atoms with Gasteiger partial charge in [0.05, 0.1) is 6.61 Å². The van der Waals surface area contributed by atoms with E-state index in [1.165, 1.54) is 76.2 Å². The van der Waals surface area contributed by atoms with Gasteiger partial charge in [0.2, 0.25) is 5.79 Å². The van der Waals surface area contributed by atoms with E-state index in [2.05, 4.69) is 43.4 Å². The standard InChI is InChI=1S/C29H46O3/c1-4-5-6-7-8-9-10-11-12-13-14-15-16-17-18-19-23-30-24-22-26-20-21-27-28(25-26)32-29(2,3)31-27/h8-9,11-12,20-21,25H,4-7,10,13-19,22-24H2,1-3H3. The molecule has 2 rings (SSSR count). The molecule has 1 aliphatic rings. The summed E-state index contributed by atoms with van der Waals surface area (Å²) in [4.78, 5) is 0. The Bertz CT molecular complexity index is 675. The molecule has 0 radical (unpaired) electrons. The minimum Gasteiger partial charge on any atom is -0.449 e. The molecule has 0 aromatic heterocycles. The van der Waals surface area contributed by atoms with Crippen molar-refractivity contribution in [1.82, 2.24) is 0 Å². The van der Waals surface area contributed by atoms with Gasteiger partial charge in [0.25, 0.3) is 0 Å². The number of ether oxygens (including phenoxy) is 3. The number of rotatable bonds is 18. The third kappa shape index (κ3) is 11.8. The van der Waals surface area contributed by atoms with Gasteiger partial charge in [-0.3, -0.25) is 0 Å². The van der Waals surface area contributed by atoms with Crippen molar-refractivity contribution in [2.45, 2.75) is 110 Å². The second-order valence-corrected chi connectivity index (χ2v) is 9.33. The first kappa shape index (κ1) is 26.5. The van der Waals surface area contributed by atoms with Gasteiger partial charge >= 0.3 is 0 Å². The highest BCUT2D eigenvalue weighted by molar-refractivity contribution is 5.45. The number of hydrogen-bond donors (Lipinski definition) is 0. The number of hydrogen-bond acceptors (Lipinski definition) is 3. The van der Waals surface area contributed by atoms with Crippen molar-refractivity contribution in [3.05, 3.63) is 48.1 Å². The monoisotopic (exact) mass is 442 g/mol. The fourth-order valence-electron chi connectivity index (χ4n) is 3.91. The topological polar surface area (TPSA) is 27.7 Å². The van der Waals surface area contributed by atoms with E-state index < -0.39 is 5.79 Å². The number of unbranched alkanes of at least 4 members (excludes halogenated alkanes) is 9. The average molecular weight is 443 g/mol. The molecule has 3 heteroatoms. The summed E-state index contributed by atoms with van der Waals surface area (Å²) in [5.41, 5.74) is 1.24. The van der Waals surface area contributed by atoms with Gasteiger partial charge < -0.3 is 14.2 Å². The summed E-state index contributed by atoms with van der Waals surface area (Å²) in [5.74, 6) is 1.12. The highest BCUT2D eigenvalue weighted by Gasteiger charge is 2.31. The Morgan fingerprint density at radius 1 is 0.750 bits per heavy atom. The van der Waals surface area contributed by atoms with Crippen molar-refractivity contribution in [3.63, 3.8) is 0 Å². The molecule has 32 heavy (non-hydrogen) atoms. The van der Waals surface area contributed by atoms with Crippen LogP contribution < -0.4 is 9.47 Å². The molecule has 0 spiro atoms. The van der Waals surface area contributed by atoms with E-state index in [1.54, 1.807) is 0 Å². The normalized spacial score (nSPS) is 14.7. The molecule has 180 valence electrons. The maximum absolute atomic E-state index is 5.83. The second kappa shape index (κ2) is 16.0. The molecule has 0 amide bonds. The number of fused-ring (bicyclic) bond motifs is 1. The smallest absolute Gasteiger partial charge is 0.246 e. The third-order valence-electron chi connectivity index (χ3n) is 5.74. The van der Waals surface area contributed by atoms with Crippen LogP contribution in [0.15, 0.2) is 42.5 Å². The summed E-state index contributed by atoms with van der Waals surface area (Å²) in [6.07, 6.45) is 25.6. The highest BCUT2D eigenvalue weighted by Crippen LogP contribution is 2.39. The van der Waals surface area contributed by atoms with Gasteiger partial charge in [-0.1, -0.05) is 75.8 Å². The maximum Gasteiger partial charge on any atom is 0.246 e. The number of benzene rings is 1. The van der Waals surface area contributed by atoms with Gasteiger partial charge in [0.15, 0.2) is 11.5 Å². The first-order valence-corrected chi connectivity index (χ1v) is 13.0. The fraction of sp³-hybridized carbons (Fsp3) is 0.655. The molecule has 1 heterocycles. The average Bonchev–Trinajstić information content (AvgIpc) is 3.08. The Morgan fingerprint density at radius 2 is 1.41 bits per heavy atom. The van der Waals surface area contributed by atoms with Crippen LogP contribution in [0.2, 0.25) is 0 Å². The van der Waals surface area contributed by atoms with Gasteiger partial charge in [-0.05, 0) is 62.6 Å². The summed E-state index contributed by atoms with van der Waals surface area (Å²) in [5, 5.41) is 0. The summed E-state index contributed by atoms with van der Waals surface area (Å²) < 4.78 is 17.4. The quantitative estimate of drug-likeness (QED) is 0.168. The molecule has 1 aromatic rings. The molecular weight excluding hydrogens is 396 g/mol. The van der Waals surface area contributed by atoms with Crippen LogP contribution >= 0.6 is 0 Å². The minimum absolute atomic E-state index is 0.557. The molecule has 0 N–H and O–H groups in total. The van der Waals surface area contributed by atoms with Crippen molar-refractivity contribution in [2.75, 3.05) is 13.2 Å². The summed E-state index contributed by atoms with van der Waals surface area (Å²) in [7, 11) is 0. The SMILES string of the molecule is CCCCCC=CCC=CCCCCCCCCOCCc1ccc2c(c1)OC(C)(C)O2. The van der Waals surface area contributed by atoms with Crippen LogP contribution in [0.3, 0.4) is 0 Å². The lowest BCUT2D eigenvalue weighted by molar-refractivity contribution is -0.0431. The molecule has 0 saturated carbocycles. The van der Waals surface area contributed by atoms with Crippen molar-refractivity contribution >= 4 is 0 Å². The van der Waals surface area contributed by atoms with Crippen molar-refractivity contribution in [1.29, 1.82) is 0 Å². The van der Waals surface area contributed by atoms with Gasteiger partial charge in [-0.25, -0.2) is 0 Å². The molecule has 1 aromatic carbocycles. The Hall–Kier alpha value is -1.74. The lowest BCUT2D eigenvalue weighted by atomic mass is 10.1. The molecule has 0 saturated heterocycles. The van der Waals surface area contributed by atoms with Crippen LogP contribution in [0.4, 0.5) is 0 Å². The molecular formula is C29H46O3. The third-order valence-corrected chi connectivity index (χ3v) is 5.74. The van der Waals surface area contributed by atoms with Gasteiger partial charge in [-0.2, -0.15) is 0 Å². The Balaban J connectivity index is 1.35. The van der Waals surface area contributed by atoms with E-state index in [1.807, 2.05) is 19.9 Å². The van der Waals surface area contributed by atoms with Crippen molar-refractivity contribution in [3.8, 4) is 11.5 Å². The molecule has 1 aliphatic heterocycles.